The predicted octanol–water partition coefficient (Wildman–Crippen LogP) is 4.01. The minimum atomic E-state index is -0.596. The van der Waals surface area contributed by atoms with Gasteiger partial charge in [0.1, 0.15) is 0 Å². The number of rotatable bonds is 1. The zero-order valence-corrected chi connectivity index (χ0v) is 11.5. The largest absolute Gasteiger partial charge is 0.385 e. The first-order chi connectivity index (χ1) is 7.95. The molecule has 0 aromatic heterocycles. The van der Waals surface area contributed by atoms with Gasteiger partial charge in [0.25, 0.3) is 0 Å². The Bertz CT molecular complexity index is 399. The molecule has 0 spiro atoms. The van der Waals surface area contributed by atoms with Crippen molar-refractivity contribution >= 4 is 0 Å². The highest BCUT2D eigenvalue weighted by molar-refractivity contribution is 5.39. The molecule has 0 heterocycles. The molecule has 0 aliphatic heterocycles. The van der Waals surface area contributed by atoms with Gasteiger partial charge in [-0.15, -0.1) is 0 Å². The third-order valence-corrected chi connectivity index (χ3v) is 4.69. The fraction of sp³-hybridized carbons (Fsp3) is 0.625. The van der Waals surface area contributed by atoms with Crippen molar-refractivity contribution in [2.45, 2.75) is 59.0 Å². The Morgan fingerprint density at radius 3 is 2.24 bits per heavy atom. The minimum absolute atomic E-state index is 0.373. The third-order valence-electron chi connectivity index (χ3n) is 4.69. The van der Waals surface area contributed by atoms with Gasteiger partial charge in [-0.05, 0) is 61.8 Å². The van der Waals surface area contributed by atoms with Crippen LogP contribution in [-0.2, 0) is 5.60 Å². The molecule has 0 bridgehead atoms. The molecule has 0 unspecified atom stereocenters. The van der Waals surface area contributed by atoms with Crippen molar-refractivity contribution < 1.29 is 5.11 Å². The molecular formula is C16H24O. The zero-order chi connectivity index (χ0) is 12.6. The zero-order valence-electron chi connectivity index (χ0n) is 11.5. The molecule has 17 heavy (non-hydrogen) atoms. The van der Waals surface area contributed by atoms with Crippen LogP contribution in [0.5, 0.6) is 0 Å². The van der Waals surface area contributed by atoms with Gasteiger partial charge in [0.05, 0.1) is 5.60 Å². The Labute approximate surface area is 105 Å². The Morgan fingerprint density at radius 2 is 1.71 bits per heavy atom. The van der Waals surface area contributed by atoms with Crippen molar-refractivity contribution in [3.63, 3.8) is 0 Å². The van der Waals surface area contributed by atoms with Crippen molar-refractivity contribution in [3.8, 4) is 0 Å². The Kier molecular flexibility index (Phi) is 3.31. The van der Waals surface area contributed by atoms with Crippen LogP contribution < -0.4 is 0 Å². The quantitative estimate of drug-likeness (QED) is 0.775. The fourth-order valence-electron chi connectivity index (χ4n) is 3.04. The van der Waals surface area contributed by atoms with E-state index in [2.05, 4.69) is 39.8 Å². The van der Waals surface area contributed by atoms with Gasteiger partial charge in [-0.25, -0.2) is 0 Å². The van der Waals surface area contributed by atoms with Crippen molar-refractivity contribution in [3.05, 3.63) is 34.4 Å². The first kappa shape index (κ1) is 12.6. The van der Waals surface area contributed by atoms with E-state index in [1.54, 1.807) is 0 Å². The fourth-order valence-corrected chi connectivity index (χ4v) is 3.04. The predicted molar refractivity (Wildman–Crippen MR) is 72.2 cm³/mol. The molecule has 1 heteroatoms. The minimum Gasteiger partial charge on any atom is -0.385 e. The average molecular weight is 232 g/mol. The molecule has 0 radical (unpaired) electrons. The van der Waals surface area contributed by atoms with Crippen LogP contribution >= 0.6 is 0 Å². The standard InChI is InChI=1S/C16H24O/c1-11-9-15(10-12(2)14(11)4)16(17)8-6-5-7-13(16)3/h9-10,13,17H,5-8H2,1-4H3/t13-,16+/m0/s1. The molecule has 1 aromatic rings. The summed E-state index contributed by atoms with van der Waals surface area (Å²) in [6.07, 6.45) is 4.46. The summed E-state index contributed by atoms with van der Waals surface area (Å²) in [5.41, 5.74) is 4.48. The van der Waals surface area contributed by atoms with Crippen LogP contribution in [0.1, 0.15) is 54.9 Å². The van der Waals surface area contributed by atoms with Gasteiger partial charge in [-0.2, -0.15) is 0 Å². The summed E-state index contributed by atoms with van der Waals surface area (Å²) in [6, 6.07) is 4.37. The molecule has 0 saturated heterocycles. The summed E-state index contributed by atoms with van der Waals surface area (Å²) in [6.45, 7) is 8.62. The molecule has 1 aliphatic rings. The topological polar surface area (TPSA) is 20.2 Å². The lowest BCUT2D eigenvalue weighted by Gasteiger charge is -2.39. The van der Waals surface area contributed by atoms with Gasteiger partial charge in [-0.1, -0.05) is 31.9 Å². The maximum absolute atomic E-state index is 11.0. The second kappa shape index (κ2) is 4.45. The van der Waals surface area contributed by atoms with Gasteiger partial charge in [-0.3, -0.25) is 0 Å². The summed E-state index contributed by atoms with van der Waals surface area (Å²) in [7, 11) is 0. The Balaban J connectivity index is 2.45. The molecule has 1 aliphatic carbocycles. The smallest absolute Gasteiger partial charge is 0.0922 e. The highest BCUT2D eigenvalue weighted by Crippen LogP contribution is 2.42. The lowest BCUT2D eigenvalue weighted by molar-refractivity contribution is -0.0470. The highest BCUT2D eigenvalue weighted by atomic mass is 16.3. The van der Waals surface area contributed by atoms with Crippen molar-refractivity contribution in [2.24, 2.45) is 5.92 Å². The molecule has 2 rings (SSSR count). The molecule has 1 fully saturated rings. The van der Waals surface area contributed by atoms with E-state index in [0.717, 1.165) is 24.8 Å². The maximum Gasteiger partial charge on any atom is 0.0922 e. The number of aryl methyl sites for hydroxylation is 2. The first-order valence-corrected chi connectivity index (χ1v) is 6.76. The van der Waals surface area contributed by atoms with Crippen molar-refractivity contribution in [1.82, 2.24) is 0 Å². The van der Waals surface area contributed by atoms with E-state index in [-0.39, 0.29) is 0 Å². The van der Waals surface area contributed by atoms with Crippen LogP contribution in [0.2, 0.25) is 0 Å². The van der Waals surface area contributed by atoms with Crippen LogP contribution in [0.3, 0.4) is 0 Å². The molecule has 0 amide bonds. The molecule has 1 N–H and O–H groups in total. The van der Waals surface area contributed by atoms with E-state index in [1.807, 2.05) is 0 Å². The van der Waals surface area contributed by atoms with E-state index >= 15 is 0 Å². The molecule has 1 aromatic carbocycles. The first-order valence-electron chi connectivity index (χ1n) is 6.76. The van der Waals surface area contributed by atoms with E-state index in [1.165, 1.54) is 23.1 Å². The number of benzene rings is 1. The number of aliphatic hydroxyl groups is 1. The van der Waals surface area contributed by atoms with Crippen LogP contribution in [-0.4, -0.2) is 5.11 Å². The highest BCUT2D eigenvalue weighted by Gasteiger charge is 2.37. The number of hydrogen-bond acceptors (Lipinski definition) is 1. The maximum atomic E-state index is 11.0. The van der Waals surface area contributed by atoms with Crippen LogP contribution in [0.25, 0.3) is 0 Å². The lowest BCUT2D eigenvalue weighted by Crippen LogP contribution is -2.36. The molecule has 1 saturated carbocycles. The van der Waals surface area contributed by atoms with Crippen LogP contribution in [0.4, 0.5) is 0 Å². The van der Waals surface area contributed by atoms with Gasteiger partial charge in [0, 0.05) is 0 Å². The number of hydrogen-bond donors (Lipinski definition) is 1. The molecule has 1 nitrogen and oxygen atoms in total. The van der Waals surface area contributed by atoms with Crippen LogP contribution in [0.15, 0.2) is 12.1 Å². The average Bonchev–Trinajstić information content (AvgIpc) is 2.29. The molecular weight excluding hydrogens is 208 g/mol. The van der Waals surface area contributed by atoms with Gasteiger partial charge < -0.3 is 5.11 Å². The van der Waals surface area contributed by atoms with Gasteiger partial charge in [0.15, 0.2) is 0 Å². The summed E-state index contributed by atoms with van der Waals surface area (Å²) in [5.74, 6) is 0.373. The van der Waals surface area contributed by atoms with E-state index < -0.39 is 5.60 Å². The second-order valence-corrected chi connectivity index (χ2v) is 5.81. The van der Waals surface area contributed by atoms with Gasteiger partial charge in [0.2, 0.25) is 0 Å². The summed E-state index contributed by atoms with van der Waals surface area (Å²) < 4.78 is 0. The SMILES string of the molecule is Cc1cc([C@@]2(O)CCCC[C@@H]2C)cc(C)c1C. The van der Waals surface area contributed by atoms with Crippen molar-refractivity contribution in [1.29, 1.82) is 0 Å². The summed E-state index contributed by atoms with van der Waals surface area (Å²) in [4.78, 5) is 0. The Morgan fingerprint density at radius 1 is 1.12 bits per heavy atom. The summed E-state index contributed by atoms with van der Waals surface area (Å²) in [5, 5.41) is 11.0. The van der Waals surface area contributed by atoms with E-state index in [4.69, 9.17) is 0 Å². The lowest BCUT2D eigenvalue weighted by atomic mass is 9.71. The summed E-state index contributed by atoms with van der Waals surface area (Å²) >= 11 is 0. The van der Waals surface area contributed by atoms with Gasteiger partial charge >= 0.3 is 0 Å². The van der Waals surface area contributed by atoms with E-state index in [9.17, 15) is 5.11 Å². The second-order valence-electron chi connectivity index (χ2n) is 5.81. The normalized spacial score (nSPS) is 29.4. The van der Waals surface area contributed by atoms with Crippen LogP contribution in [0, 0.1) is 26.7 Å². The van der Waals surface area contributed by atoms with E-state index in [0.29, 0.717) is 5.92 Å². The monoisotopic (exact) mass is 232 g/mol. The molecule has 2 atom stereocenters. The third kappa shape index (κ3) is 2.13. The van der Waals surface area contributed by atoms with Crippen molar-refractivity contribution in [2.75, 3.05) is 0 Å². The Hall–Kier alpha value is -0.820. The molecule has 94 valence electrons.